The molecule has 132 valence electrons. The fourth-order valence-corrected chi connectivity index (χ4v) is 2.24. The average molecular weight is 327 g/mol. The Morgan fingerprint density at radius 1 is 1.09 bits per heavy atom. The summed E-state index contributed by atoms with van der Waals surface area (Å²) < 4.78 is 0. The molecule has 0 saturated heterocycles. The molecule has 0 aliphatic heterocycles. The van der Waals surface area contributed by atoms with E-state index in [4.69, 9.17) is 0 Å². The predicted molar refractivity (Wildman–Crippen MR) is 87.8 cm³/mol. The molecule has 2 amide bonds. The Bertz CT molecular complexity index is 455. The molecule has 0 heterocycles. The highest BCUT2D eigenvalue weighted by molar-refractivity contribution is 6.38. The monoisotopic (exact) mass is 327 g/mol. The van der Waals surface area contributed by atoms with Gasteiger partial charge in [0.25, 0.3) is 5.91 Å². The number of hydrogen-bond acceptors (Lipinski definition) is 5. The summed E-state index contributed by atoms with van der Waals surface area (Å²) in [4.78, 5) is 47.2. The van der Waals surface area contributed by atoms with Crippen LogP contribution in [0.2, 0.25) is 0 Å². The van der Waals surface area contributed by atoms with Gasteiger partial charge in [0.2, 0.25) is 11.7 Å². The number of nitrogens with one attached hydrogen (secondary N) is 3. The van der Waals surface area contributed by atoms with E-state index in [1.807, 2.05) is 27.7 Å². The van der Waals surface area contributed by atoms with Gasteiger partial charge in [0.05, 0.1) is 18.6 Å². The Hall–Kier alpha value is -1.76. The molecule has 0 saturated carbocycles. The van der Waals surface area contributed by atoms with Crippen LogP contribution in [0.25, 0.3) is 0 Å². The minimum atomic E-state index is -0.803. The lowest BCUT2D eigenvalue weighted by molar-refractivity contribution is -0.139. The molecule has 0 rings (SSSR count). The van der Waals surface area contributed by atoms with Crippen molar-refractivity contribution in [3.8, 4) is 0 Å². The Labute approximate surface area is 138 Å². The molecule has 0 spiro atoms. The first-order chi connectivity index (χ1) is 10.5. The van der Waals surface area contributed by atoms with Crippen molar-refractivity contribution in [1.82, 2.24) is 16.0 Å². The van der Waals surface area contributed by atoms with E-state index in [0.29, 0.717) is 6.42 Å². The van der Waals surface area contributed by atoms with Crippen molar-refractivity contribution in [1.29, 1.82) is 0 Å². The van der Waals surface area contributed by atoms with Crippen LogP contribution >= 0.6 is 0 Å². The third kappa shape index (κ3) is 7.36. The minimum absolute atomic E-state index is 0.161. The molecule has 0 aromatic carbocycles. The number of Topliss-reactive ketones (excluding diaryl/α,β-unsaturated/α-hetero) is 2. The van der Waals surface area contributed by atoms with Gasteiger partial charge in [0, 0.05) is 0 Å². The fourth-order valence-electron chi connectivity index (χ4n) is 2.24. The van der Waals surface area contributed by atoms with E-state index in [9.17, 15) is 19.2 Å². The first kappa shape index (κ1) is 21.2. The van der Waals surface area contributed by atoms with Gasteiger partial charge in [-0.2, -0.15) is 0 Å². The Kier molecular flexibility index (Phi) is 8.68. The van der Waals surface area contributed by atoms with Crippen LogP contribution < -0.4 is 16.0 Å². The zero-order chi connectivity index (χ0) is 18.2. The third-order valence-corrected chi connectivity index (χ3v) is 3.45. The summed E-state index contributed by atoms with van der Waals surface area (Å²) in [5.74, 6) is -2.06. The van der Waals surface area contributed by atoms with Gasteiger partial charge in [-0.25, -0.2) is 0 Å². The maximum Gasteiger partial charge on any atom is 0.289 e. The second-order valence-electron chi connectivity index (χ2n) is 6.65. The summed E-state index contributed by atoms with van der Waals surface area (Å²) in [6.07, 6.45) is 1.31. The standard InChI is InChI=1S/C16H29N3O4/c1-7-8-11(17-6)13(22)15(23)18-9-12(21)19-14(10(2)20)16(3,4)5/h11,14,17H,7-9H2,1-6H3,(H,18,23)(H,19,21). The van der Waals surface area contributed by atoms with E-state index in [1.54, 1.807) is 7.05 Å². The second-order valence-corrected chi connectivity index (χ2v) is 6.65. The zero-order valence-corrected chi connectivity index (χ0v) is 14.9. The molecule has 7 heteroatoms. The summed E-state index contributed by atoms with van der Waals surface area (Å²) in [6.45, 7) is 8.49. The molecule has 0 aliphatic rings. The number of ketones is 2. The van der Waals surface area contributed by atoms with Crippen LogP contribution in [-0.2, 0) is 19.2 Å². The van der Waals surface area contributed by atoms with Crippen LogP contribution in [0.4, 0.5) is 0 Å². The van der Waals surface area contributed by atoms with Crippen LogP contribution in [-0.4, -0.2) is 49.1 Å². The van der Waals surface area contributed by atoms with E-state index < -0.39 is 35.1 Å². The van der Waals surface area contributed by atoms with Crippen LogP contribution in [0.15, 0.2) is 0 Å². The molecule has 7 nitrogen and oxygen atoms in total. The van der Waals surface area contributed by atoms with Gasteiger partial charge in [-0.1, -0.05) is 34.1 Å². The van der Waals surface area contributed by atoms with E-state index >= 15 is 0 Å². The highest BCUT2D eigenvalue weighted by Crippen LogP contribution is 2.19. The molecule has 0 aromatic heterocycles. The molecule has 0 bridgehead atoms. The lowest BCUT2D eigenvalue weighted by atomic mass is 9.84. The highest BCUT2D eigenvalue weighted by atomic mass is 16.2. The van der Waals surface area contributed by atoms with Crippen LogP contribution in [0.1, 0.15) is 47.5 Å². The van der Waals surface area contributed by atoms with Crippen molar-refractivity contribution in [2.75, 3.05) is 13.6 Å². The number of hydrogen-bond donors (Lipinski definition) is 3. The van der Waals surface area contributed by atoms with Gasteiger partial charge in [-0.15, -0.1) is 0 Å². The number of carbonyl (C=O) groups excluding carboxylic acids is 4. The van der Waals surface area contributed by atoms with Crippen molar-refractivity contribution in [3.05, 3.63) is 0 Å². The van der Waals surface area contributed by atoms with Gasteiger partial charge in [-0.05, 0) is 25.8 Å². The molecule has 0 fully saturated rings. The Morgan fingerprint density at radius 3 is 2.04 bits per heavy atom. The summed E-state index contributed by atoms with van der Waals surface area (Å²) in [5, 5.41) is 7.67. The van der Waals surface area contributed by atoms with Crippen molar-refractivity contribution < 1.29 is 19.2 Å². The zero-order valence-electron chi connectivity index (χ0n) is 14.9. The summed E-state index contributed by atoms with van der Waals surface area (Å²) >= 11 is 0. The maximum atomic E-state index is 11.9. The lowest BCUT2D eigenvalue weighted by Crippen LogP contribution is -2.52. The lowest BCUT2D eigenvalue weighted by Gasteiger charge is -2.29. The van der Waals surface area contributed by atoms with Crippen LogP contribution in [0.3, 0.4) is 0 Å². The largest absolute Gasteiger partial charge is 0.344 e. The molecule has 3 N–H and O–H groups in total. The Balaban J connectivity index is 4.56. The molecule has 2 unspecified atom stereocenters. The number of rotatable bonds is 9. The predicted octanol–water partition coefficient (Wildman–Crippen LogP) is 0.180. The number of likely N-dealkylation sites (N-methyl/N-ethyl adjacent to an activating group) is 1. The molecule has 0 aromatic rings. The summed E-state index contributed by atoms with van der Waals surface area (Å²) in [5.41, 5.74) is -0.431. The quantitative estimate of drug-likeness (QED) is 0.524. The molecule has 0 radical (unpaired) electrons. The molecule has 23 heavy (non-hydrogen) atoms. The smallest absolute Gasteiger partial charge is 0.289 e. The first-order valence-electron chi connectivity index (χ1n) is 7.83. The second kappa shape index (κ2) is 9.39. The van der Waals surface area contributed by atoms with Crippen molar-refractivity contribution in [2.24, 2.45) is 5.41 Å². The molecular weight excluding hydrogens is 298 g/mol. The fraction of sp³-hybridized carbons (Fsp3) is 0.750. The van der Waals surface area contributed by atoms with Crippen molar-refractivity contribution in [3.63, 3.8) is 0 Å². The molecular formula is C16H29N3O4. The maximum absolute atomic E-state index is 11.9. The van der Waals surface area contributed by atoms with E-state index in [0.717, 1.165) is 6.42 Å². The summed E-state index contributed by atoms with van der Waals surface area (Å²) in [7, 11) is 1.61. The van der Waals surface area contributed by atoms with E-state index in [2.05, 4.69) is 16.0 Å². The first-order valence-corrected chi connectivity index (χ1v) is 7.83. The third-order valence-electron chi connectivity index (χ3n) is 3.45. The van der Waals surface area contributed by atoms with Crippen molar-refractivity contribution >= 4 is 23.4 Å². The van der Waals surface area contributed by atoms with Crippen molar-refractivity contribution in [2.45, 2.75) is 59.5 Å². The van der Waals surface area contributed by atoms with Gasteiger partial charge in [-0.3, -0.25) is 19.2 Å². The normalized spacial score (nSPS) is 13.8. The Morgan fingerprint density at radius 2 is 1.65 bits per heavy atom. The molecule has 0 aliphatic carbocycles. The number of carbonyl (C=O) groups is 4. The topological polar surface area (TPSA) is 104 Å². The van der Waals surface area contributed by atoms with Crippen LogP contribution in [0.5, 0.6) is 0 Å². The minimum Gasteiger partial charge on any atom is -0.344 e. The van der Waals surface area contributed by atoms with Gasteiger partial charge in [0.15, 0.2) is 5.78 Å². The van der Waals surface area contributed by atoms with Gasteiger partial charge in [0.1, 0.15) is 0 Å². The summed E-state index contributed by atoms with van der Waals surface area (Å²) in [6, 6.07) is -1.20. The SMILES string of the molecule is CCCC(NC)C(=O)C(=O)NCC(=O)NC(C(C)=O)C(C)(C)C. The van der Waals surface area contributed by atoms with Gasteiger partial charge >= 0.3 is 0 Å². The highest BCUT2D eigenvalue weighted by Gasteiger charge is 2.30. The number of amides is 2. The average Bonchev–Trinajstić information content (AvgIpc) is 2.45. The van der Waals surface area contributed by atoms with E-state index in [-0.39, 0.29) is 12.3 Å². The molecule has 2 atom stereocenters. The van der Waals surface area contributed by atoms with Gasteiger partial charge < -0.3 is 16.0 Å². The van der Waals surface area contributed by atoms with Crippen LogP contribution in [0, 0.1) is 5.41 Å². The van der Waals surface area contributed by atoms with E-state index in [1.165, 1.54) is 6.92 Å².